The summed E-state index contributed by atoms with van der Waals surface area (Å²) in [5.41, 5.74) is 0. The Balaban J connectivity index is 1.91. The Bertz CT molecular complexity index is 455. The number of aliphatic hydroxyl groups excluding tert-OH is 1. The van der Waals surface area contributed by atoms with Crippen LogP contribution in [-0.2, 0) is 0 Å². The molecule has 2 saturated heterocycles. The fraction of sp³-hybridized carbons (Fsp3) is 1.00. The molecule has 2 rings (SSSR count). The van der Waals surface area contributed by atoms with Crippen LogP contribution in [0.5, 0.6) is 0 Å². The van der Waals surface area contributed by atoms with Crippen LogP contribution < -0.4 is 0 Å². The van der Waals surface area contributed by atoms with Gasteiger partial charge in [0.2, 0.25) is 0 Å². The van der Waals surface area contributed by atoms with E-state index in [4.69, 9.17) is 0 Å². The highest BCUT2D eigenvalue weighted by Crippen LogP contribution is 2.38. The summed E-state index contributed by atoms with van der Waals surface area (Å²) < 4.78 is 2.37. The third kappa shape index (κ3) is 6.01. The van der Waals surface area contributed by atoms with E-state index in [2.05, 4.69) is 41.5 Å². The first-order valence-electron chi connectivity index (χ1n) is 13.8. The van der Waals surface area contributed by atoms with E-state index in [-0.39, 0.29) is 6.23 Å². The normalized spacial score (nSPS) is 37.7. The third-order valence-corrected chi connectivity index (χ3v) is 9.21. The number of aliphatic hydroxyl groups is 1. The lowest BCUT2D eigenvalue weighted by atomic mass is 9.92. The van der Waals surface area contributed by atoms with Crippen LogP contribution in [0.15, 0.2) is 0 Å². The molecule has 2 aliphatic heterocycles. The third-order valence-electron chi connectivity index (χ3n) is 9.21. The smallest absolute Gasteiger partial charge is 0.190 e. The zero-order chi connectivity index (χ0) is 22.2. The second kappa shape index (κ2) is 12.2. The first-order chi connectivity index (χ1) is 14.4. The fourth-order valence-electron chi connectivity index (χ4n) is 7.54. The van der Waals surface area contributed by atoms with Crippen molar-refractivity contribution in [3.05, 3.63) is 0 Å². The number of unbranched alkanes of at least 4 members (excludes halogenated alkanes) is 1. The van der Waals surface area contributed by atoms with Crippen LogP contribution in [0.25, 0.3) is 0 Å². The highest BCUT2D eigenvalue weighted by molar-refractivity contribution is 4.77. The van der Waals surface area contributed by atoms with Crippen molar-refractivity contribution in [1.29, 1.82) is 0 Å². The Morgan fingerprint density at radius 2 is 1.10 bits per heavy atom. The van der Waals surface area contributed by atoms with E-state index >= 15 is 0 Å². The molecule has 0 aliphatic carbocycles. The predicted molar refractivity (Wildman–Crippen MR) is 130 cm³/mol. The molecule has 0 aromatic carbocycles. The molecular weight excluding hydrogens is 368 g/mol. The zero-order valence-corrected chi connectivity index (χ0v) is 21.5. The lowest BCUT2D eigenvalue weighted by Crippen LogP contribution is -2.54. The van der Waals surface area contributed by atoms with Gasteiger partial charge in [0, 0.05) is 30.1 Å². The molecule has 3 heteroatoms. The minimum atomic E-state index is -0.138. The quantitative estimate of drug-likeness (QED) is 0.265. The Kier molecular flexibility index (Phi) is 10.6. The molecule has 5 atom stereocenters. The van der Waals surface area contributed by atoms with Crippen molar-refractivity contribution < 1.29 is 14.1 Å². The van der Waals surface area contributed by atoms with Crippen LogP contribution in [-0.4, -0.2) is 66.1 Å². The standard InChI is InChI=1S/C27H56N2O/c1-7-16-28(19-23(9-3)24(10-4)20-28)18-14-13-15-27(30)29(17-8-2)21-25(11-5)26(12-6)22-29/h23-27,30H,7-22H2,1-6H3/q+2. The minimum Gasteiger partial charge on any atom is -0.345 e. The maximum absolute atomic E-state index is 11.3. The van der Waals surface area contributed by atoms with E-state index in [1.165, 1.54) is 102 Å². The molecular formula is C27H56N2O+2. The molecule has 0 saturated carbocycles. The average molecular weight is 425 g/mol. The molecule has 5 unspecified atom stereocenters. The number of hydrogen-bond acceptors (Lipinski definition) is 1. The molecule has 0 spiro atoms. The summed E-state index contributed by atoms with van der Waals surface area (Å²) in [6, 6.07) is 0. The monoisotopic (exact) mass is 424 g/mol. The molecule has 0 bridgehead atoms. The van der Waals surface area contributed by atoms with E-state index in [9.17, 15) is 5.11 Å². The SMILES string of the molecule is CCC[N+]1(CCCCC(O)[N+]2(CCC)CC(CC)C(CC)C2)CC(CC)C(CC)C1. The Labute approximate surface area is 189 Å². The lowest BCUT2D eigenvalue weighted by Gasteiger charge is -2.39. The van der Waals surface area contributed by atoms with Gasteiger partial charge in [0.05, 0.1) is 45.8 Å². The molecule has 0 amide bonds. The van der Waals surface area contributed by atoms with Gasteiger partial charge in [-0.15, -0.1) is 0 Å². The molecule has 0 aromatic rings. The molecule has 1 N–H and O–H groups in total. The van der Waals surface area contributed by atoms with Crippen LogP contribution in [0.4, 0.5) is 0 Å². The second-order valence-corrected chi connectivity index (χ2v) is 11.1. The molecule has 2 aliphatic rings. The Morgan fingerprint density at radius 3 is 1.53 bits per heavy atom. The molecule has 2 fully saturated rings. The van der Waals surface area contributed by atoms with Crippen molar-refractivity contribution in [2.45, 2.75) is 106 Å². The lowest BCUT2D eigenvalue weighted by molar-refractivity contribution is -0.963. The summed E-state index contributed by atoms with van der Waals surface area (Å²) in [5, 5.41) is 11.3. The van der Waals surface area contributed by atoms with Crippen molar-refractivity contribution in [3.8, 4) is 0 Å². The van der Waals surface area contributed by atoms with Gasteiger partial charge in [-0.2, -0.15) is 0 Å². The van der Waals surface area contributed by atoms with E-state index in [1.54, 1.807) is 0 Å². The van der Waals surface area contributed by atoms with Gasteiger partial charge < -0.3 is 9.59 Å². The molecule has 178 valence electrons. The van der Waals surface area contributed by atoms with E-state index in [1.807, 2.05) is 0 Å². The van der Waals surface area contributed by atoms with Crippen LogP contribution in [0, 0.1) is 23.7 Å². The predicted octanol–water partition coefficient (Wildman–Crippen LogP) is 6.06. The largest absolute Gasteiger partial charge is 0.345 e. The van der Waals surface area contributed by atoms with Crippen molar-refractivity contribution in [2.24, 2.45) is 23.7 Å². The summed E-state index contributed by atoms with van der Waals surface area (Å²) in [5.74, 6) is 3.51. The van der Waals surface area contributed by atoms with Crippen molar-refractivity contribution in [2.75, 3.05) is 45.8 Å². The van der Waals surface area contributed by atoms with Crippen LogP contribution in [0.3, 0.4) is 0 Å². The highest BCUT2D eigenvalue weighted by atomic mass is 16.3. The van der Waals surface area contributed by atoms with Gasteiger partial charge in [0.25, 0.3) is 0 Å². The second-order valence-electron chi connectivity index (χ2n) is 11.1. The van der Waals surface area contributed by atoms with Crippen molar-refractivity contribution in [3.63, 3.8) is 0 Å². The van der Waals surface area contributed by atoms with Gasteiger partial charge in [-0.3, -0.25) is 4.48 Å². The topological polar surface area (TPSA) is 20.2 Å². The number of rotatable bonds is 14. The van der Waals surface area contributed by atoms with Crippen LogP contribution >= 0.6 is 0 Å². The molecule has 3 nitrogen and oxygen atoms in total. The first kappa shape index (κ1) is 26.1. The van der Waals surface area contributed by atoms with Gasteiger partial charge in [-0.1, -0.05) is 41.5 Å². The summed E-state index contributed by atoms with van der Waals surface area (Å²) in [4.78, 5) is 0. The minimum absolute atomic E-state index is 0.138. The van der Waals surface area contributed by atoms with Gasteiger partial charge >= 0.3 is 0 Å². The number of likely N-dealkylation sites (tertiary alicyclic amines) is 2. The van der Waals surface area contributed by atoms with Crippen LogP contribution in [0.1, 0.15) is 99.3 Å². The van der Waals surface area contributed by atoms with E-state index in [0.717, 1.165) is 34.6 Å². The molecule has 30 heavy (non-hydrogen) atoms. The molecule has 0 radical (unpaired) electrons. The summed E-state index contributed by atoms with van der Waals surface area (Å²) >= 11 is 0. The first-order valence-corrected chi connectivity index (χ1v) is 13.8. The summed E-state index contributed by atoms with van der Waals surface area (Å²) in [7, 11) is 0. The Hall–Kier alpha value is -0.120. The van der Waals surface area contributed by atoms with E-state index in [0.29, 0.717) is 0 Å². The van der Waals surface area contributed by atoms with Gasteiger partial charge in [-0.25, -0.2) is 0 Å². The van der Waals surface area contributed by atoms with Gasteiger partial charge in [0.1, 0.15) is 0 Å². The summed E-state index contributed by atoms with van der Waals surface area (Å²) in [6.45, 7) is 23.3. The van der Waals surface area contributed by atoms with Gasteiger partial charge in [-0.05, 0) is 51.4 Å². The highest BCUT2D eigenvalue weighted by Gasteiger charge is 2.47. The maximum Gasteiger partial charge on any atom is 0.190 e. The zero-order valence-electron chi connectivity index (χ0n) is 21.5. The maximum atomic E-state index is 11.3. The number of nitrogens with zero attached hydrogens (tertiary/aromatic N) is 2. The number of quaternary nitrogens is 2. The van der Waals surface area contributed by atoms with Crippen molar-refractivity contribution in [1.82, 2.24) is 0 Å². The average Bonchev–Trinajstić information content (AvgIpc) is 3.30. The van der Waals surface area contributed by atoms with E-state index < -0.39 is 0 Å². The Morgan fingerprint density at radius 1 is 0.633 bits per heavy atom. The van der Waals surface area contributed by atoms with Crippen molar-refractivity contribution >= 4 is 0 Å². The molecule has 0 aromatic heterocycles. The fourth-order valence-corrected chi connectivity index (χ4v) is 7.54. The summed E-state index contributed by atoms with van der Waals surface area (Å²) in [6.07, 6.45) is 11.1. The molecule has 2 heterocycles. The number of hydrogen-bond donors (Lipinski definition) is 1. The van der Waals surface area contributed by atoms with Crippen LogP contribution in [0.2, 0.25) is 0 Å². The van der Waals surface area contributed by atoms with Gasteiger partial charge in [0.15, 0.2) is 6.23 Å².